The summed E-state index contributed by atoms with van der Waals surface area (Å²) in [5.74, 6) is 0.852. The lowest BCUT2D eigenvalue weighted by molar-refractivity contribution is -0.0743. The van der Waals surface area contributed by atoms with E-state index >= 15 is 0 Å². The van der Waals surface area contributed by atoms with Gasteiger partial charge in [0.15, 0.2) is 0 Å². The molecule has 0 heterocycles. The van der Waals surface area contributed by atoms with E-state index in [0.717, 1.165) is 25.3 Å². The van der Waals surface area contributed by atoms with Gasteiger partial charge in [-0.3, -0.25) is 0 Å². The number of rotatable bonds is 7. The molecule has 0 spiro atoms. The maximum absolute atomic E-state index is 5.98. The van der Waals surface area contributed by atoms with Crippen molar-refractivity contribution in [2.24, 2.45) is 5.92 Å². The standard InChI is InChI=1S/C16H31NO/c1-6-13(3)12-15(17-7-2)16(18-5)10-8-14(4)9-11-16/h14-15,17H,3,6-12H2,1-2,4-5H3. The highest BCUT2D eigenvalue weighted by Gasteiger charge is 2.40. The highest BCUT2D eigenvalue weighted by atomic mass is 16.5. The SMILES string of the molecule is C=C(CC)CC(NCC)C1(OC)CCC(C)CC1. The van der Waals surface area contributed by atoms with Gasteiger partial charge in [0.25, 0.3) is 0 Å². The maximum atomic E-state index is 5.98. The second-order valence-corrected chi connectivity index (χ2v) is 5.87. The molecule has 2 heteroatoms. The molecule has 1 aliphatic rings. The molecule has 106 valence electrons. The normalized spacial score (nSPS) is 30.1. The van der Waals surface area contributed by atoms with E-state index < -0.39 is 0 Å². The fraction of sp³-hybridized carbons (Fsp3) is 0.875. The third-order valence-corrected chi connectivity index (χ3v) is 4.61. The van der Waals surface area contributed by atoms with Gasteiger partial charge in [0.1, 0.15) is 0 Å². The van der Waals surface area contributed by atoms with Crippen molar-refractivity contribution in [1.82, 2.24) is 5.32 Å². The minimum absolute atomic E-state index is 0.0284. The molecule has 0 aromatic rings. The quantitative estimate of drug-likeness (QED) is 0.694. The van der Waals surface area contributed by atoms with E-state index in [2.05, 4.69) is 32.7 Å². The number of hydrogen-bond acceptors (Lipinski definition) is 2. The first-order chi connectivity index (χ1) is 8.57. The lowest BCUT2D eigenvalue weighted by atomic mass is 9.73. The third-order valence-electron chi connectivity index (χ3n) is 4.61. The molecule has 0 aliphatic heterocycles. The van der Waals surface area contributed by atoms with Crippen molar-refractivity contribution >= 4 is 0 Å². The van der Waals surface area contributed by atoms with Gasteiger partial charge in [-0.25, -0.2) is 0 Å². The number of hydrogen-bond donors (Lipinski definition) is 1. The molecule has 1 rings (SSSR count). The van der Waals surface area contributed by atoms with Gasteiger partial charge in [0.2, 0.25) is 0 Å². The minimum atomic E-state index is 0.0284. The van der Waals surface area contributed by atoms with Crippen LogP contribution in [-0.4, -0.2) is 25.3 Å². The van der Waals surface area contributed by atoms with Crippen molar-refractivity contribution in [1.29, 1.82) is 0 Å². The first kappa shape index (κ1) is 15.7. The first-order valence-corrected chi connectivity index (χ1v) is 7.53. The zero-order valence-corrected chi connectivity index (χ0v) is 12.7. The largest absolute Gasteiger partial charge is 0.377 e. The monoisotopic (exact) mass is 253 g/mol. The smallest absolute Gasteiger partial charge is 0.0834 e. The predicted molar refractivity (Wildman–Crippen MR) is 78.9 cm³/mol. The Bertz CT molecular complexity index is 254. The second-order valence-electron chi connectivity index (χ2n) is 5.87. The van der Waals surface area contributed by atoms with Crippen LogP contribution in [-0.2, 0) is 4.74 Å². The van der Waals surface area contributed by atoms with Crippen molar-refractivity contribution in [3.63, 3.8) is 0 Å². The van der Waals surface area contributed by atoms with Gasteiger partial charge < -0.3 is 10.1 Å². The van der Waals surface area contributed by atoms with E-state index in [4.69, 9.17) is 4.74 Å². The first-order valence-electron chi connectivity index (χ1n) is 7.53. The van der Waals surface area contributed by atoms with Gasteiger partial charge in [0, 0.05) is 13.2 Å². The summed E-state index contributed by atoms with van der Waals surface area (Å²) in [6, 6.07) is 0.424. The summed E-state index contributed by atoms with van der Waals surface area (Å²) in [7, 11) is 1.88. The molecule has 0 bridgehead atoms. The Balaban J connectivity index is 2.75. The van der Waals surface area contributed by atoms with Crippen molar-refractivity contribution < 1.29 is 4.74 Å². The zero-order valence-electron chi connectivity index (χ0n) is 12.7. The molecular formula is C16H31NO. The predicted octanol–water partition coefficient (Wildman–Crippen LogP) is 3.92. The number of nitrogens with one attached hydrogen (secondary N) is 1. The molecule has 1 unspecified atom stereocenters. The Hall–Kier alpha value is -0.340. The van der Waals surface area contributed by atoms with E-state index in [1.165, 1.54) is 31.3 Å². The molecule has 1 fully saturated rings. The fourth-order valence-corrected chi connectivity index (χ4v) is 3.07. The second kappa shape index (κ2) is 7.30. The maximum Gasteiger partial charge on any atom is 0.0834 e. The van der Waals surface area contributed by atoms with Gasteiger partial charge in [-0.1, -0.05) is 32.9 Å². The highest BCUT2D eigenvalue weighted by Crippen LogP contribution is 2.38. The summed E-state index contributed by atoms with van der Waals surface area (Å²) < 4.78 is 5.98. The molecule has 0 saturated heterocycles. The number of likely N-dealkylation sites (N-methyl/N-ethyl adjacent to an activating group) is 1. The lowest BCUT2D eigenvalue weighted by Gasteiger charge is -2.44. The molecule has 0 amide bonds. The molecule has 0 radical (unpaired) electrons. The summed E-state index contributed by atoms with van der Waals surface area (Å²) in [5, 5.41) is 3.64. The van der Waals surface area contributed by atoms with Crippen molar-refractivity contribution in [3.8, 4) is 0 Å². The third kappa shape index (κ3) is 3.83. The topological polar surface area (TPSA) is 21.3 Å². The van der Waals surface area contributed by atoms with E-state index in [0.29, 0.717) is 6.04 Å². The Morgan fingerprint density at radius 1 is 1.39 bits per heavy atom. The summed E-state index contributed by atoms with van der Waals surface area (Å²) >= 11 is 0. The summed E-state index contributed by atoms with van der Waals surface area (Å²) in [6.45, 7) is 11.9. The number of ether oxygens (including phenoxy) is 1. The van der Waals surface area contributed by atoms with Crippen LogP contribution < -0.4 is 5.32 Å². The van der Waals surface area contributed by atoms with Crippen LogP contribution in [0.2, 0.25) is 0 Å². The Kier molecular flexibility index (Phi) is 6.37. The van der Waals surface area contributed by atoms with Crippen LogP contribution in [0.5, 0.6) is 0 Å². The zero-order chi connectivity index (χ0) is 13.6. The summed E-state index contributed by atoms with van der Waals surface area (Å²) in [6.07, 6.45) is 7.05. The highest BCUT2D eigenvalue weighted by molar-refractivity contribution is 5.05. The summed E-state index contributed by atoms with van der Waals surface area (Å²) in [4.78, 5) is 0. The van der Waals surface area contributed by atoms with Crippen LogP contribution in [0.15, 0.2) is 12.2 Å². The average Bonchev–Trinajstić information content (AvgIpc) is 2.39. The molecule has 1 atom stereocenters. The van der Waals surface area contributed by atoms with E-state index in [1.54, 1.807) is 0 Å². The molecule has 18 heavy (non-hydrogen) atoms. The lowest BCUT2D eigenvalue weighted by Crippen LogP contribution is -2.54. The van der Waals surface area contributed by atoms with E-state index in [9.17, 15) is 0 Å². The summed E-state index contributed by atoms with van der Waals surface area (Å²) in [5.41, 5.74) is 1.36. The van der Waals surface area contributed by atoms with Crippen LogP contribution in [0.3, 0.4) is 0 Å². The minimum Gasteiger partial charge on any atom is -0.377 e. The molecule has 1 saturated carbocycles. The van der Waals surface area contributed by atoms with Crippen LogP contribution in [0.4, 0.5) is 0 Å². The van der Waals surface area contributed by atoms with Gasteiger partial charge in [0.05, 0.1) is 5.60 Å². The van der Waals surface area contributed by atoms with Crippen molar-refractivity contribution in [2.75, 3.05) is 13.7 Å². The van der Waals surface area contributed by atoms with Gasteiger partial charge >= 0.3 is 0 Å². The van der Waals surface area contributed by atoms with Crippen LogP contribution in [0.1, 0.15) is 59.3 Å². The van der Waals surface area contributed by atoms with Crippen molar-refractivity contribution in [2.45, 2.75) is 70.9 Å². The van der Waals surface area contributed by atoms with Crippen LogP contribution in [0.25, 0.3) is 0 Å². The molecule has 1 N–H and O–H groups in total. The molecule has 1 aliphatic carbocycles. The average molecular weight is 253 g/mol. The Labute approximate surface area is 113 Å². The van der Waals surface area contributed by atoms with E-state index in [-0.39, 0.29) is 5.60 Å². The van der Waals surface area contributed by atoms with Gasteiger partial charge in [-0.2, -0.15) is 0 Å². The molecular weight excluding hydrogens is 222 g/mol. The Morgan fingerprint density at radius 2 is 2.00 bits per heavy atom. The van der Waals surface area contributed by atoms with E-state index in [1.807, 2.05) is 7.11 Å². The van der Waals surface area contributed by atoms with Crippen LogP contribution in [0, 0.1) is 5.92 Å². The Morgan fingerprint density at radius 3 is 2.44 bits per heavy atom. The van der Waals surface area contributed by atoms with Gasteiger partial charge in [-0.05, 0) is 51.0 Å². The van der Waals surface area contributed by atoms with Crippen molar-refractivity contribution in [3.05, 3.63) is 12.2 Å². The fourth-order valence-electron chi connectivity index (χ4n) is 3.07. The molecule has 0 aromatic carbocycles. The van der Waals surface area contributed by atoms with Gasteiger partial charge in [-0.15, -0.1) is 0 Å². The molecule has 2 nitrogen and oxygen atoms in total. The molecule has 0 aromatic heterocycles. The number of methoxy groups -OCH3 is 1. The van der Waals surface area contributed by atoms with Crippen LogP contribution >= 0.6 is 0 Å².